The van der Waals surface area contributed by atoms with E-state index in [9.17, 15) is 18.8 Å². The molecule has 48 heavy (non-hydrogen) atoms. The Bertz CT molecular complexity index is 1710. The lowest BCUT2D eigenvalue weighted by Gasteiger charge is -2.28. The minimum Gasteiger partial charge on any atom is -0.457 e. The van der Waals surface area contributed by atoms with Gasteiger partial charge in [-0.25, -0.2) is 4.39 Å². The Kier molecular flexibility index (Phi) is 10.8. The lowest BCUT2D eigenvalue weighted by atomic mass is 10.0. The van der Waals surface area contributed by atoms with E-state index in [1.165, 1.54) is 6.07 Å². The Labute approximate surface area is 280 Å². The predicted octanol–water partition coefficient (Wildman–Crippen LogP) is 5.62. The zero-order chi connectivity index (χ0) is 33.3. The first-order chi connectivity index (χ1) is 23.4. The molecule has 3 atom stereocenters. The van der Waals surface area contributed by atoms with Gasteiger partial charge >= 0.3 is 0 Å². The smallest absolute Gasteiger partial charge is 0.243 e. The van der Waals surface area contributed by atoms with E-state index in [4.69, 9.17) is 4.74 Å². The van der Waals surface area contributed by atoms with E-state index in [1.807, 2.05) is 83.8 Å². The third kappa shape index (κ3) is 8.66. The summed E-state index contributed by atoms with van der Waals surface area (Å²) < 4.78 is 20.4. The molecule has 9 heteroatoms. The third-order valence-electron chi connectivity index (χ3n) is 8.98. The molecule has 7 rings (SSSR count). The highest BCUT2D eigenvalue weighted by Gasteiger charge is 2.34. The van der Waals surface area contributed by atoms with Crippen LogP contribution in [0.2, 0.25) is 0 Å². The number of carbonyl (C=O) groups is 3. The zero-order valence-corrected chi connectivity index (χ0v) is 26.9. The van der Waals surface area contributed by atoms with Gasteiger partial charge in [-0.3, -0.25) is 14.4 Å². The predicted molar refractivity (Wildman–Crippen MR) is 182 cm³/mol. The van der Waals surface area contributed by atoms with Gasteiger partial charge in [0.1, 0.15) is 23.4 Å². The Morgan fingerprint density at radius 3 is 2.46 bits per heavy atom. The van der Waals surface area contributed by atoms with Crippen LogP contribution in [0.4, 0.5) is 4.39 Å². The molecule has 3 heterocycles. The van der Waals surface area contributed by atoms with Crippen molar-refractivity contribution < 1.29 is 23.5 Å². The summed E-state index contributed by atoms with van der Waals surface area (Å²) in [6, 6.07) is 30.2. The van der Waals surface area contributed by atoms with Gasteiger partial charge in [0, 0.05) is 37.7 Å². The molecule has 4 aromatic rings. The van der Waals surface area contributed by atoms with E-state index in [-0.39, 0.29) is 43.1 Å². The number of amides is 3. The van der Waals surface area contributed by atoms with E-state index in [2.05, 4.69) is 16.0 Å². The first-order valence-corrected chi connectivity index (χ1v) is 16.7. The van der Waals surface area contributed by atoms with Crippen molar-refractivity contribution in [2.45, 2.75) is 63.2 Å². The second kappa shape index (κ2) is 15.7. The molecule has 1 saturated heterocycles. The number of nitrogens with one attached hydrogen (secondary N) is 3. The van der Waals surface area contributed by atoms with E-state index in [0.717, 1.165) is 29.5 Å². The normalized spacial score (nSPS) is 20.0. The summed E-state index contributed by atoms with van der Waals surface area (Å²) in [5, 5.41) is 9.26. The van der Waals surface area contributed by atoms with Crippen LogP contribution in [0.15, 0.2) is 103 Å². The van der Waals surface area contributed by atoms with Gasteiger partial charge in [-0.05, 0) is 72.7 Å². The molecule has 0 radical (unpaired) electrons. The molecular formula is C39H41FN4O4. The molecule has 248 valence electrons. The maximum Gasteiger partial charge on any atom is 0.243 e. The first-order valence-electron chi connectivity index (χ1n) is 16.7. The Hall–Kier alpha value is -5.02. The topological polar surface area (TPSA) is 99.8 Å². The molecule has 8 nitrogen and oxygen atoms in total. The fourth-order valence-corrected chi connectivity index (χ4v) is 6.49. The summed E-state index contributed by atoms with van der Waals surface area (Å²) in [6.07, 6.45) is 2.59. The highest BCUT2D eigenvalue weighted by molar-refractivity contribution is 5.92. The number of benzene rings is 4. The van der Waals surface area contributed by atoms with Crippen LogP contribution in [0.25, 0.3) is 0 Å². The van der Waals surface area contributed by atoms with E-state index < -0.39 is 18.0 Å². The van der Waals surface area contributed by atoms with Crippen LogP contribution in [0, 0.1) is 5.82 Å². The molecule has 0 unspecified atom stereocenters. The zero-order valence-electron chi connectivity index (χ0n) is 26.9. The molecule has 0 spiro atoms. The maximum absolute atomic E-state index is 14.3. The molecule has 3 amide bonds. The van der Waals surface area contributed by atoms with E-state index >= 15 is 0 Å². The van der Waals surface area contributed by atoms with Crippen molar-refractivity contribution in [2.24, 2.45) is 0 Å². The number of likely N-dealkylation sites (tertiary alicyclic amines) is 1. The van der Waals surface area contributed by atoms with Gasteiger partial charge in [-0.2, -0.15) is 0 Å². The minimum atomic E-state index is -1.07. The summed E-state index contributed by atoms with van der Waals surface area (Å²) in [4.78, 5) is 43.0. The summed E-state index contributed by atoms with van der Waals surface area (Å²) in [6.45, 7) is 1.21. The summed E-state index contributed by atoms with van der Waals surface area (Å²) in [5.74, 6) is 0.102. The summed E-state index contributed by atoms with van der Waals surface area (Å²) in [5.41, 5.74) is 3.46. The standard InChI is InChI=1S/C39H41FN4O4/c40-34-13-5-4-11-30(34)25-41-26-31-22-28-15-18-32(19-16-28)48-33-12-6-8-27(23-33)17-20-37(45)43-35(39(47)42-31)24-38(46)44-21-7-14-36(44)29-9-2-1-3-10-29/h1-6,8-13,15-16,18-19,23,31,35-36,41H,7,14,17,20-22,24-26H2,(H,42,47)(H,43,45)/t31-,35-,36+/m0/s1. The van der Waals surface area contributed by atoms with Crippen LogP contribution in [-0.2, 0) is 33.8 Å². The van der Waals surface area contributed by atoms with Crippen molar-refractivity contribution in [3.63, 3.8) is 0 Å². The Morgan fingerprint density at radius 1 is 0.854 bits per heavy atom. The van der Waals surface area contributed by atoms with Crippen molar-refractivity contribution >= 4 is 17.7 Å². The number of halogens is 1. The molecule has 1 fully saturated rings. The third-order valence-corrected chi connectivity index (χ3v) is 8.98. The van der Waals surface area contributed by atoms with Gasteiger partial charge in [0.2, 0.25) is 17.7 Å². The van der Waals surface area contributed by atoms with Crippen molar-refractivity contribution in [1.29, 1.82) is 0 Å². The fraction of sp³-hybridized carbons (Fsp3) is 0.308. The second-order valence-corrected chi connectivity index (χ2v) is 12.5. The number of aryl methyl sites for hydroxylation is 1. The number of nitrogens with zero attached hydrogens (tertiary/aromatic N) is 1. The van der Waals surface area contributed by atoms with Gasteiger partial charge in [0.15, 0.2) is 0 Å². The average molecular weight is 649 g/mol. The minimum absolute atomic E-state index is 0.0691. The monoisotopic (exact) mass is 648 g/mol. The van der Waals surface area contributed by atoms with Crippen LogP contribution >= 0.6 is 0 Å². The van der Waals surface area contributed by atoms with Crippen molar-refractivity contribution in [3.05, 3.63) is 131 Å². The van der Waals surface area contributed by atoms with Crippen LogP contribution in [0.1, 0.15) is 54.0 Å². The second-order valence-electron chi connectivity index (χ2n) is 12.5. The molecular weight excluding hydrogens is 607 g/mol. The average Bonchev–Trinajstić information content (AvgIpc) is 3.59. The quantitative estimate of drug-likeness (QED) is 0.242. The highest BCUT2D eigenvalue weighted by Crippen LogP contribution is 2.32. The van der Waals surface area contributed by atoms with E-state index in [1.54, 1.807) is 18.2 Å². The highest BCUT2D eigenvalue weighted by atomic mass is 19.1. The molecule has 3 N–H and O–H groups in total. The SMILES string of the molecule is O=C1CCc2cccc(c2)Oc2ccc(cc2)C[C@@H](CNCc2ccccc2F)NC(=O)[C@H](CC(=O)N2CCC[C@@H]2c2ccccc2)N1. The Morgan fingerprint density at radius 2 is 1.65 bits per heavy atom. The number of hydrogen-bond donors (Lipinski definition) is 3. The van der Waals surface area contributed by atoms with Crippen LogP contribution < -0.4 is 20.7 Å². The number of carbonyl (C=O) groups excluding carboxylic acids is 3. The number of fused-ring (bicyclic) bond motifs is 10. The van der Waals surface area contributed by atoms with Gasteiger partial charge < -0.3 is 25.6 Å². The van der Waals surface area contributed by atoms with Crippen LogP contribution in [0.5, 0.6) is 11.5 Å². The van der Waals surface area contributed by atoms with E-state index in [0.29, 0.717) is 43.0 Å². The van der Waals surface area contributed by atoms with Crippen molar-refractivity contribution in [1.82, 2.24) is 20.9 Å². The van der Waals surface area contributed by atoms with Crippen molar-refractivity contribution in [2.75, 3.05) is 13.1 Å². The number of ether oxygens (including phenoxy) is 1. The lowest BCUT2D eigenvalue weighted by molar-refractivity contribution is -0.137. The fourth-order valence-electron chi connectivity index (χ4n) is 6.49. The molecule has 0 aliphatic carbocycles. The summed E-state index contributed by atoms with van der Waals surface area (Å²) >= 11 is 0. The van der Waals surface area contributed by atoms with Gasteiger partial charge in [0.05, 0.1) is 12.5 Å². The van der Waals surface area contributed by atoms with Gasteiger partial charge in [-0.15, -0.1) is 0 Å². The molecule has 3 aliphatic rings. The molecule has 4 bridgehead atoms. The number of rotatable bonds is 7. The van der Waals surface area contributed by atoms with Gasteiger partial charge in [-0.1, -0.05) is 72.8 Å². The van der Waals surface area contributed by atoms with Crippen molar-refractivity contribution in [3.8, 4) is 11.5 Å². The Balaban J connectivity index is 1.24. The first kappa shape index (κ1) is 32.9. The summed E-state index contributed by atoms with van der Waals surface area (Å²) in [7, 11) is 0. The van der Waals surface area contributed by atoms with Gasteiger partial charge in [0.25, 0.3) is 0 Å². The molecule has 3 aliphatic heterocycles. The largest absolute Gasteiger partial charge is 0.457 e. The van der Waals surface area contributed by atoms with Crippen LogP contribution in [-0.4, -0.2) is 47.8 Å². The molecule has 4 aromatic carbocycles. The lowest BCUT2D eigenvalue weighted by Crippen LogP contribution is -2.54. The number of hydrogen-bond acceptors (Lipinski definition) is 5. The van der Waals surface area contributed by atoms with Crippen LogP contribution in [0.3, 0.4) is 0 Å². The molecule has 0 aromatic heterocycles. The molecule has 0 saturated carbocycles. The maximum atomic E-state index is 14.3.